The van der Waals surface area contributed by atoms with Crippen molar-refractivity contribution in [2.24, 2.45) is 0 Å². The maximum atomic E-state index is 12.0. The zero-order valence-electron chi connectivity index (χ0n) is 11.2. The van der Waals surface area contributed by atoms with E-state index in [4.69, 9.17) is 11.0 Å². The molecule has 0 saturated heterocycles. The summed E-state index contributed by atoms with van der Waals surface area (Å²) >= 11 is 0. The van der Waals surface area contributed by atoms with Crippen LogP contribution in [-0.4, -0.2) is 5.91 Å². The van der Waals surface area contributed by atoms with Gasteiger partial charge in [-0.1, -0.05) is 18.2 Å². The third-order valence-electron chi connectivity index (χ3n) is 2.99. The van der Waals surface area contributed by atoms with Gasteiger partial charge in [-0.3, -0.25) is 4.79 Å². The van der Waals surface area contributed by atoms with Crippen LogP contribution in [-0.2, 0) is 6.54 Å². The summed E-state index contributed by atoms with van der Waals surface area (Å²) in [6.45, 7) is 2.33. The first-order valence-corrected chi connectivity index (χ1v) is 6.23. The van der Waals surface area contributed by atoms with Crippen molar-refractivity contribution >= 4 is 11.6 Å². The molecule has 2 aromatic rings. The summed E-state index contributed by atoms with van der Waals surface area (Å²) in [5.41, 5.74) is 9.34. The number of hydrogen-bond donors (Lipinski definition) is 2. The molecule has 0 aliphatic carbocycles. The van der Waals surface area contributed by atoms with E-state index in [1.54, 1.807) is 24.3 Å². The highest BCUT2D eigenvalue weighted by Gasteiger charge is 2.09. The Morgan fingerprint density at radius 2 is 1.95 bits per heavy atom. The average Bonchev–Trinajstić information content (AvgIpc) is 2.45. The largest absolute Gasteiger partial charge is 0.398 e. The van der Waals surface area contributed by atoms with Crippen LogP contribution in [0.4, 0.5) is 5.69 Å². The van der Waals surface area contributed by atoms with Crippen molar-refractivity contribution in [1.29, 1.82) is 5.26 Å². The molecule has 0 aliphatic heterocycles. The van der Waals surface area contributed by atoms with Gasteiger partial charge in [-0.15, -0.1) is 0 Å². The summed E-state index contributed by atoms with van der Waals surface area (Å²) in [5.74, 6) is -0.202. The van der Waals surface area contributed by atoms with E-state index < -0.39 is 0 Å². The molecule has 2 rings (SSSR count). The molecular formula is C16H15N3O. The molecule has 4 heteroatoms. The number of nitrogens with one attached hydrogen (secondary N) is 1. The lowest BCUT2D eigenvalue weighted by Crippen LogP contribution is -2.23. The molecule has 0 heterocycles. The summed E-state index contributed by atoms with van der Waals surface area (Å²) in [6.07, 6.45) is 0. The summed E-state index contributed by atoms with van der Waals surface area (Å²) in [6, 6.07) is 14.5. The number of carbonyl (C=O) groups is 1. The fraction of sp³-hybridized carbons (Fsp3) is 0.125. The Bertz CT molecular complexity index is 669. The van der Waals surface area contributed by atoms with E-state index in [0.717, 1.165) is 11.1 Å². The second-order valence-corrected chi connectivity index (χ2v) is 4.58. The van der Waals surface area contributed by atoms with Gasteiger partial charge in [-0.2, -0.15) is 5.26 Å². The Labute approximate surface area is 117 Å². The molecule has 1 amide bonds. The van der Waals surface area contributed by atoms with Crippen LogP contribution in [0.25, 0.3) is 0 Å². The minimum atomic E-state index is -0.202. The third kappa shape index (κ3) is 3.15. The van der Waals surface area contributed by atoms with Gasteiger partial charge in [0.25, 0.3) is 5.91 Å². The van der Waals surface area contributed by atoms with Gasteiger partial charge in [0.05, 0.1) is 17.2 Å². The van der Waals surface area contributed by atoms with Crippen LogP contribution >= 0.6 is 0 Å². The summed E-state index contributed by atoms with van der Waals surface area (Å²) in [4.78, 5) is 12.0. The van der Waals surface area contributed by atoms with E-state index in [2.05, 4.69) is 11.4 Å². The molecule has 0 radical (unpaired) electrons. The molecule has 2 aromatic carbocycles. The maximum Gasteiger partial charge on any atom is 0.253 e. The lowest BCUT2D eigenvalue weighted by molar-refractivity contribution is 0.0952. The fourth-order valence-corrected chi connectivity index (χ4v) is 1.86. The molecule has 0 atom stereocenters. The van der Waals surface area contributed by atoms with E-state index in [9.17, 15) is 4.79 Å². The van der Waals surface area contributed by atoms with Crippen LogP contribution in [0, 0.1) is 18.3 Å². The Hall–Kier alpha value is -2.80. The highest BCUT2D eigenvalue weighted by atomic mass is 16.1. The van der Waals surface area contributed by atoms with E-state index >= 15 is 0 Å². The van der Waals surface area contributed by atoms with Crippen molar-refractivity contribution in [3.8, 4) is 6.07 Å². The number of aryl methyl sites for hydroxylation is 1. The van der Waals surface area contributed by atoms with Crippen molar-refractivity contribution in [2.75, 3.05) is 5.73 Å². The van der Waals surface area contributed by atoms with Crippen LogP contribution in [0.1, 0.15) is 27.0 Å². The highest BCUT2D eigenvalue weighted by molar-refractivity contribution is 5.99. The number of nitriles is 1. The van der Waals surface area contributed by atoms with Crippen molar-refractivity contribution < 1.29 is 4.79 Å². The third-order valence-corrected chi connectivity index (χ3v) is 2.99. The Balaban J connectivity index is 2.03. The molecule has 0 bridgehead atoms. The van der Waals surface area contributed by atoms with Gasteiger partial charge >= 0.3 is 0 Å². The number of benzene rings is 2. The Morgan fingerprint density at radius 3 is 2.55 bits per heavy atom. The van der Waals surface area contributed by atoms with Crippen LogP contribution in [0.2, 0.25) is 0 Å². The van der Waals surface area contributed by atoms with Gasteiger partial charge in [0.2, 0.25) is 0 Å². The monoisotopic (exact) mass is 265 g/mol. The quantitative estimate of drug-likeness (QED) is 0.836. The Kier molecular flexibility index (Phi) is 4.02. The van der Waals surface area contributed by atoms with Gasteiger partial charge in [0, 0.05) is 12.2 Å². The average molecular weight is 265 g/mol. The zero-order chi connectivity index (χ0) is 14.5. The molecule has 100 valence electrons. The van der Waals surface area contributed by atoms with Crippen LogP contribution in [0.5, 0.6) is 0 Å². The van der Waals surface area contributed by atoms with Gasteiger partial charge < -0.3 is 11.1 Å². The van der Waals surface area contributed by atoms with Gasteiger partial charge in [0.15, 0.2) is 0 Å². The van der Waals surface area contributed by atoms with Gasteiger partial charge in [-0.25, -0.2) is 0 Å². The standard InChI is InChI=1S/C16H15N3O/c1-11-2-7-14(15(18)8-11)16(20)19-10-13-5-3-12(9-17)4-6-13/h2-8H,10,18H2,1H3,(H,19,20). The normalized spacial score (nSPS) is 9.80. The minimum Gasteiger partial charge on any atom is -0.398 e. The van der Waals surface area contributed by atoms with Crippen molar-refractivity contribution in [1.82, 2.24) is 5.32 Å². The summed E-state index contributed by atoms with van der Waals surface area (Å²) in [7, 11) is 0. The topological polar surface area (TPSA) is 78.9 Å². The Morgan fingerprint density at radius 1 is 1.25 bits per heavy atom. The van der Waals surface area contributed by atoms with Gasteiger partial charge in [-0.05, 0) is 42.3 Å². The molecular weight excluding hydrogens is 250 g/mol. The first kappa shape index (κ1) is 13.6. The maximum absolute atomic E-state index is 12.0. The fourth-order valence-electron chi connectivity index (χ4n) is 1.86. The number of rotatable bonds is 3. The van der Waals surface area contributed by atoms with Crippen LogP contribution in [0.3, 0.4) is 0 Å². The zero-order valence-corrected chi connectivity index (χ0v) is 11.2. The van der Waals surface area contributed by atoms with Gasteiger partial charge in [0.1, 0.15) is 0 Å². The second-order valence-electron chi connectivity index (χ2n) is 4.58. The molecule has 4 nitrogen and oxygen atoms in total. The molecule has 0 aliphatic rings. The molecule has 0 aromatic heterocycles. The van der Waals surface area contributed by atoms with Crippen molar-refractivity contribution in [3.05, 3.63) is 64.7 Å². The number of nitrogens with two attached hydrogens (primary N) is 1. The van der Waals surface area contributed by atoms with Crippen LogP contribution < -0.4 is 11.1 Å². The summed E-state index contributed by atoms with van der Waals surface area (Å²) < 4.78 is 0. The number of hydrogen-bond acceptors (Lipinski definition) is 3. The van der Waals surface area contributed by atoms with E-state index in [-0.39, 0.29) is 5.91 Å². The smallest absolute Gasteiger partial charge is 0.253 e. The molecule has 20 heavy (non-hydrogen) atoms. The molecule has 0 unspecified atom stereocenters. The predicted molar refractivity (Wildman–Crippen MR) is 77.9 cm³/mol. The molecule has 0 fully saturated rings. The van der Waals surface area contributed by atoms with E-state index in [0.29, 0.717) is 23.4 Å². The number of amides is 1. The highest BCUT2D eigenvalue weighted by Crippen LogP contribution is 2.13. The number of carbonyl (C=O) groups excluding carboxylic acids is 1. The van der Waals surface area contributed by atoms with E-state index in [1.165, 1.54) is 0 Å². The lowest BCUT2D eigenvalue weighted by atomic mass is 10.1. The molecule has 0 spiro atoms. The second kappa shape index (κ2) is 5.89. The summed E-state index contributed by atoms with van der Waals surface area (Å²) in [5, 5.41) is 11.5. The lowest BCUT2D eigenvalue weighted by Gasteiger charge is -2.08. The first-order valence-electron chi connectivity index (χ1n) is 6.23. The first-order chi connectivity index (χ1) is 9.60. The number of nitrogens with zero attached hydrogens (tertiary/aromatic N) is 1. The molecule has 0 saturated carbocycles. The predicted octanol–water partition coefficient (Wildman–Crippen LogP) is 2.38. The van der Waals surface area contributed by atoms with Crippen molar-refractivity contribution in [3.63, 3.8) is 0 Å². The molecule has 3 N–H and O–H groups in total. The number of nitrogen functional groups attached to an aromatic ring is 1. The van der Waals surface area contributed by atoms with Crippen molar-refractivity contribution in [2.45, 2.75) is 13.5 Å². The van der Waals surface area contributed by atoms with E-state index in [1.807, 2.05) is 25.1 Å². The SMILES string of the molecule is Cc1ccc(C(=O)NCc2ccc(C#N)cc2)c(N)c1. The minimum absolute atomic E-state index is 0.202. The number of anilines is 1. The van der Waals surface area contributed by atoms with Crippen LogP contribution in [0.15, 0.2) is 42.5 Å².